The minimum absolute atomic E-state index is 0.00985. The van der Waals surface area contributed by atoms with Gasteiger partial charge < -0.3 is 14.2 Å². The SMILES string of the molecule is C/C=C(/OCCOCC)C1=C(C)C(Oc2ccc(C3=CC(=O)NS3=O)cc2)CC1. The van der Waals surface area contributed by atoms with Gasteiger partial charge in [-0.05, 0) is 68.5 Å². The maximum absolute atomic E-state index is 11.9. The van der Waals surface area contributed by atoms with Crippen LogP contribution in [0.5, 0.6) is 5.75 Å². The molecule has 0 radical (unpaired) electrons. The van der Waals surface area contributed by atoms with Crippen LogP contribution in [0, 0.1) is 0 Å². The molecule has 0 bridgehead atoms. The Balaban J connectivity index is 1.64. The molecule has 1 aromatic carbocycles. The van der Waals surface area contributed by atoms with Crippen LogP contribution in [0.1, 0.15) is 39.2 Å². The standard InChI is InChI=1S/C22H27NO5S/c1-4-19(27-13-12-26-5-2)18-10-11-20(15(18)3)28-17-8-6-16(7-9-17)21-14-22(24)23-29(21)25/h4,6-9,14,20H,5,10-13H2,1-3H3,(H,23,24)/b19-4+. The van der Waals surface area contributed by atoms with Crippen molar-refractivity contribution in [3.8, 4) is 5.75 Å². The summed E-state index contributed by atoms with van der Waals surface area (Å²) in [4.78, 5) is 11.8. The second-order valence-corrected chi connectivity index (χ2v) is 7.95. The van der Waals surface area contributed by atoms with Crippen LogP contribution in [0.25, 0.3) is 4.91 Å². The molecule has 0 fully saturated rings. The molecule has 2 aliphatic rings. The molecule has 1 aliphatic heterocycles. The van der Waals surface area contributed by atoms with Crippen molar-refractivity contribution in [3.63, 3.8) is 0 Å². The van der Waals surface area contributed by atoms with Gasteiger partial charge in [0.1, 0.15) is 24.2 Å². The predicted molar refractivity (Wildman–Crippen MR) is 113 cm³/mol. The number of ether oxygens (including phenoxy) is 3. The number of nitrogens with one attached hydrogen (secondary N) is 1. The van der Waals surface area contributed by atoms with Gasteiger partial charge in [-0.1, -0.05) is 12.1 Å². The average Bonchev–Trinajstić information content (AvgIpc) is 3.24. The fourth-order valence-corrected chi connectivity index (χ4v) is 4.36. The number of allylic oxidation sites excluding steroid dienone is 2. The van der Waals surface area contributed by atoms with E-state index in [1.807, 2.05) is 44.2 Å². The maximum Gasteiger partial charge on any atom is 0.257 e. The summed E-state index contributed by atoms with van der Waals surface area (Å²) in [6.45, 7) is 7.83. The molecule has 29 heavy (non-hydrogen) atoms. The monoisotopic (exact) mass is 417 g/mol. The summed E-state index contributed by atoms with van der Waals surface area (Å²) >= 11 is 0. The first-order valence-corrected chi connectivity index (χ1v) is 11.0. The molecule has 3 rings (SSSR count). The van der Waals surface area contributed by atoms with Gasteiger partial charge in [0.2, 0.25) is 0 Å². The highest BCUT2D eigenvalue weighted by Gasteiger charge is 2.27. The Bertz CT molecular complexity index is 870. The predicted octanol–water partition coefficient (Wildman–Crippen LogP) is 3.64. The van der Waals surface area contributed by atoms with Crippen LogP contribution in [0.3, 0.4) is 0 Å². The van der Waals surface area contributed by atoms with Gasteiger partial charge in [-0.15, -0.1) is 0 Å². The van der Waals surface area contributed by atoms with Crippen LogP contribution >= 0.6 is 0 Å². The van der Waals surface area contributed by atoms with Gasteiger partial charge in [-0.3, -0.25) is 9.52 Å². The summed E-state index contributed by atoms with van der Waals surface area (Å²) in [5.74, 6) is 1.31. The molecule has 6 nitrogen and oxygen atoms in total. The Labute approximate surface area is 174 Å². The molecule has 1 N–H and O–H groups in total. The number of rotatable bonds is 9. The van der Waals surface area contributed by atoms with E-state index in [1.54, 1.807) is 0 Å². The van der Waals surface area contributed by atoms with Crippen LogP contribution in [0.2, 0.25) is 0 Å². The van der Waals surface area contributed by atoms with E-state index in [4.69, 9.17) is 14.2 Å². The van der Waals surface area contributed by atoms with E-state index >= 15 is 0 Å². The fraction of sp³-hybridized carbons (Fsp3) is 0.409. The first-order chi connectivity index (χ1) is 14.0. The lowest BCUT2D eigenvalue weighted by Gasteiger charge is -2.16. The molecular weight excluding hydrogens is 390 g/mol. The van der Waals surface area contributed by atoms with Gasteiger partial charge in [0.05, 0.1) is 11.5 Å². The quantitative estimate of drug-likeness (QED) is 0.491. The largest absolute Gasteiger partial charge is 0.491 e. The Morgan fingerprint density at radius 1 is 1.28 bits per heavy atom. The van der Waals surface area contributed by atoms with Gasteiger partial charge in [0.15, 0.2) is 11.0 Å². The molecule has 1 amide bonds. The Kier molecular flexibility index (Phi) is 7.28. The molecule has 1 heterocycles. The van der Waals surface area contributed by atoms with Crippen molar-refractivity contribution in [3.05, 3.63) is 58.9 Å². The van der Waals surface area contributed by atoms with Crippen molar-refractivity contribution < 1.29 is 23.2 Å². The van der Waals surface area contributed by atoms with Crippen molar-refractivity contribution >= 4 is 21.8 Å². The summed E-state index contributed by atoms with van der Waals surface area (Å²) in [6.07, 6.45) is 5.15. The number of amides is 1. The molecule has 7 heteroatoms. The number of hydrogen-bond donors (Lipinski definition) is 1. The van der Waals surface area contributed by atoms with Crippen molar-refractivity contribution in [2.45, 2.75) is 39.7 Å². The van der Waals surface area contributed by atoms with Crippen molar-refractivity contribution in [2.75, 3.05) is 19.8 Å². The smallest absolute Gasteiger partial charge is 0.257 e. The minimum Gasteiger partial charge on any atom is -0.491 e. The zero-order chi connectivity index (χ0) is 20.8. The molecule has 0 aromatic heterocycles. The molecule has 2 atom stereocenters. The summed E-state index contributed by atoms with van der Waals surface area (Å²) < 4.78 is 31.7. The highest BCUT2D eigenvalue weighted by atomic mass is 32.2. The Morgan fingerprint density at radius 2 is 2.03 bits per heavy atom. The number of carbonyl (C=O) groups excluding carboxylic acids is 1. The lowest BCUT2D eigenvalue weighted by molar-refractivity contribution is -0.114. The van der Waals surface area contributed by atoms with Gasteiger partial charge >= 0.3 is 0 Å². The van der Waals surface area contributed by atoms with Crippen LogP contribution < -0.4 is 9.46 Å². The van der Waals surface area contributed by atoms with Crippen LogP contribution in [0.4, 0.5) is 0 Å². The fourth-order valence-electron chi connectivity index (χ4n) is 3.45. The zero-order valence-electron chi connectivity index (χ0n) is 17.0. The molecular formula is C22H27NO5S. The summed E-state index contributed by atoms with van der Waals surface area (Å²) in [5.41, 5.74) is 3.11. The van der Waals surface area contributed by atoms with Gasteiger partial charge in [0, 0.05) is 12.7 Å². The highest BCUT2D eigenvalue weighted by Crippen LogP contribution is 2.35. The lowest BCUT2D eigenvalue weighted by atomic mass is 10.1. The molecule has 1 aliphatic carbocycles. The topological polar surface area (TPSA) is 73.9 Å². The normalized spacial score (nSPS) is 22.0. The van der Waals surface area contributed by atoms with E-state index in [2.05, 4.69) is 11.6 Å². The highest BCUT2D eigenvalue weighted by molar-refractivity contribution is 7.93. The molecule has 1 aromatic rings. The number of benzene rings is 1. The molecule has 2 unspecified atom stereocenters. The van der Waals surface area contributed by atoms with E-state index < -0.39 is 11.0 Å². The molecule has 0 saturated heterocycles. The number of hydrogen-bond acceptors (Lipinski definition) is 5. The maximum atomic E-state index is 11.9. The third-order valence-electron chi connectivity index (χ3n) is 4.94. The summed E-state index contributed by atoms with van der Waals surface area (Å²) in [6, 6.07) is 7.33. The van der Waals surface area contributed by atoms with E-state index in [-0.39, 0.29) is 12.0 Å². The Morgan fingerprint density at radius 3 is 2.66 bits per heavy atom. The zero-order valence-corrected chi connectivity index (χ0v) is 17.8. The van der Waals surface area contributed by atoms with E-state index in [1.165, 1.54) is 17.2 Å². The van der Waals surface area contributed by atoms with Crippen molar-refractivity contribution in [2.24, 2.45) is 0 Å². The third-order valence-corrected chi connectivity index (χ3v) is 6.08. The van der Waals surface area contributed by atoms with Gasteiger partial charge in [-0.25, -0.2) is 4.21 Å². The van der Waals surface area contributed by atoms with Gasteiger partial charge in [0.25, 0.3) is 5.91 Å². The van der Waals surface area contributed by atoms with E-state index in [9.17, 15) is 9.00 Å². The third kappa shape index (κ3) is 5.16. The van der Waals surface area contributed by atoms with Crippen molar-refractivity contribution in [1.82, 2.24) is 4.72 Å². The second-order valence-electron chi connectivity index (χ2n) is 6.77. The minimum atomic E-state index is -1.49. The van der Waals surface area contributed by atoms with E-state index in [0.717, 1.165) is 29.9 Å². The Hall–Kier alpha value is -2.38. The molecule has 0 saturated carbocycles. The number of carbonyl (C=O) groups is 1. The molecule has 0 spiro atoms. The van der Waals surface area contributed by atoms with E-state index in [0.29, 0.717) is 24.7 Å². The average molecular weight is 418 g/mol. The second kappa shape index (κ2) is 9.89. The summed E-state index contributed by atoms with van der Waals surface area (Å²) in [7, 11) is -1.49. The molecule has 156 valence electrons. The first-order valence-electron chi connectivity index (χ1n) is 9.81. The lowest BCUT2D eigenvalue weighted by Crippen LogP contribution is -2.16. The van der Waals surface area contributed by atoms with Crippen molar-refractivity contribution in [1.29, 1.82) is 0 Å². The van der Waals surface area contributed by atoms with Crippen LogP contribution in [-0.2, 0) is 25.3 Å². The van der Waals surface area contributed by atoms with Crippen LogP contribution in [0.15, 0.2) is 53.3 Å². The first kappa shape index (κ1) is 21.3. The summed E-state index contributed by atoms with van der Waals surface area (Å²) in [5, 5.41) is 0. The van der Waals surface area contributed by atoms with Gasteiger partial charge in [-0.2, -0.15) is 0 Å². The van der Waals surface area contributed by atoms with Crippen LogP contribution in [-0.4, -0.2) is 36.0 Å².